The van der Waals surface area contributed by atoms with Crippen molar-refractivity contribution >= 4 is 28.4 Å². The Morgan fingerprint density at radius 2 is 1.86 bits per heavy atom. The maximum atomic E-state index is 13.4. The van der Waals surface area contributed by atoms with Crippen LogP contribution in [0.25, 0.3) is 10.9 Å². The zero-order valence-corrected chi connectivity index (χ0v) is 16.5. The summed E-state index contributed by atoms with van der Waals surface area (Å²) in [4.78, 5) is 29.0. The molecule has 0 saturated carbocycles. The molecule has 2 aliphatic heterocycles. The van der Waals surface area contributed by atoms with Gasteiger partial charge in [0.15, 0.2) is 0 Å². The van der Waals surface area contributed by atoms with Crippen LogP contribution in [0, 0.1) is 5.41 Å². The first-order valence-corrected chi connectivity index (χ1v) is 10.3. The lowest BCUT2D eigenvalue weighted by molar-refractivity contribution is -0.126. The summed E-state index contributed by atoms with van der Waals surface area (Å²) in [6.07, 6.45) is 6.64. The molecule has 146 valence electrons. The number of carbonyl (C=O) groups is 1. The summed E-state index contributed by atoms with van der Waals surface area (Å²) >= 11 is 0. The molecular formula is C22H27N5O. The number of hydrogen-bond donors (Lipinski definition) is 2. The Balaban J connectivity index is 1.33. The van der Waals surface area contributed by atoms with E-state index in [1.165, 1.54) is 0 Å². The molecule has 0 bridgehead atoms. The third kappa shape index (κ3) is 2.62. The van der Waals surface area contributed by atoms with E-state index >= 15 is 0 Å². The van der Waals surface area contributed by atoms with Crippen molar-refractivity contribution in [3.8, 4) is 0 Å². The van der Waals surface area contributed by atoms with Gasteiger partial charge in [0.1, 0.15) is 0 Å². The van der Waals surface area contributed by atoms with E-state index in [2.05, 4.69) is 45.8 Å². The molecule has 0 radical (unpaired) electrons. The average Bonchev–Trinajstić information content (AvgIpc) is 3.42. The highest BCUT2D eigenvalue weighted by molar-refractivity contribution is 6.06. The standard InChI is InChI=1S/C22H27N5O/c1-15(2)18-13-24-21(25-18)26-10-7-22(8-11-26)9-12-27(20(22)28)19-14-23-17-6-4-3-5-16(17)19/h3-6,13-15,23H,7-12H2,1-2H3,(H,24,25). The molecule has 1 spiro atoms. The molecule has 2 aliphatic rings. The molecule has 6 nitrogen and oxygen atoms in total. The number of H-pyrrole nitrogens is 2. The molecule has 5 rings (SSSR count). The van der Waals surface area contributed by atoms with Crippen molar-refractivity contribution in [2.45, 2.75) is 39.0 Å². The number of anilines is 2. The number of nitrogens with zero attached hydrogens (tertiary/aromatic N) is 3. The van der Waals surface area contributed by atoms with Gasteiger partial charge in [0.05, 0.1) is 17.3 Å². The van der Waals surface area contributed by atoms with Gasteiger partial charge in [-0.25, -0.2) is 4.98 Å². The number of benzene rings is 1. The molecule has 4 heterocycles. The number of carbonyl (C=O) groups excluding carboxylic acids is 1. The van der Waals surface area contributed by atoms with Crippen LogP contribution in [0.15, 0.2) is 36.7 Å². The average molecular weight is 377 g/mol. The van der Waals surface area contributed by atoms with Gasteiger partial charge >= 0.3 is 0 Å². The lowest BCUT2D eigenvalue weighted by Crippen LogP contribution is -2.45. The number of piperidine rings is 1. The number of fused-ring (bicyclic) bond motifs is 1. The number of para-hydroxylation sites is 1. The van der Waals surface area contributed by atoms with Crippen molar-refractivity contribution in [3.05, 3.63) is 42.4 Å². The van der Waals surface area contributed by atoms with Crippen molar-refractivity contribution in [3.63, 3.8) is 0 Å². The Bertz CT molecular complexity index is 1010. The van der Waals surface area contributed by atoms with Crippen LogP contribution < -0.4 is 9.80 Å². The highest BCUT2D eigenvalue weighted by Crippen LogP contribution is 2.44. The van der Waals surface area contributed by atoms with Crippen molar-refractivity contribution in [2.24, 2.45) is 5.41 Å². The van der Waals surface area contributed by atoms with Crippen LogP contribution in [0.4, 0.5) is 11.6 Å². The molecule has 2 saturated heterocycles. The van der Waals surface area contributed by atoms with Gasteiger partial charge in [-0.1, -0.05) is 32.0 Å². The quantitative estimate of drug-likeness (QED) is 0.724. The molecule has 2 fully saturated rings. The van der Waals surface area contributed by atoms with Gasteiger partial charge in [0.25, 0.3) is 0 Å². The minimum absolute atomic E-state index is 0.220. The van der Waals surface area contributed by atoms with Gasteiger partial charge in [0.2, 0.25) is 11.9 Å². The third-order valence-electron chi connectivity index (χ3n) is 6.60. The normalized spacial score (nSPS) is 19.5. The zero-order chi connectivity index (χ0) is 19.3. The molecule has 3 aromatic rings. The maximum absolute atomic E-state index is 13.4. The first kappa shape index (κ1) is 17.3. The SMILES string of the molecule is CC(C)c1cnc(N2CCC3(CC2)CCN(c2c[nH]c4ccccc24)C3=O)[nH]1. The van der Waals surface area contributed by atoms with Crippen LogP contribution >= 0.6 is 0 Å². The topological polar surface area (TPSA) is 68.0 Å². The molecule has 28 heavy (non-hydrogen) atoms. The number of imidazole rings is 1. The Kier molecular flexibility index (Phi) is 3.96. The van der Waals surface area contributed by atoms with E-state index in [0.717, 1.165) is 67.1 Å². The van der Waals surface area contributed by atoms with Crippen LogP contribution in [0.3, 0.4) is 0 Å². The summed E-state index contributed by atoms with van der Waals surface area (Å²) in [5, 5.41) is 1.13. The largest absolute Gasteiger partial charge is 0.359 e. The van der Waals surface area contributed by atoms with E-state index in [0.29, 0.717) is 11.8 Å². The second-order valence-corrected chi connectivity index (χ2v) is 8.51. The zero-order valence-electron chi connectivity index (χ0n) is 16.5. The number of amides is 1. The second kappa shape index (κ2) is 6.40. The van der Waals surface area contributed by atoms with Crippen molar-refractivity contribution < 1.29 is 4.79 Å². The van der Waals surface area contributed by atoms with Gasteiger partial charge in [-0.05, 0) is 31.2 Å². The minimum Gasteiger partial charge on any atom is -0.359 e. The van der Waals surface area contributed by atoms with Gasteiger partial charge in [-0.3, -0.25) is 4.79 Å². The van der Waals surface area contributed by atoms with Gasteiger partial charge in [0, 0.05) is 42.4 Å². The molecule has 0 aliphatic carbocycles. The van der Waals surface area contributed by atoms with Gasteiger partial charge < -0.3 is 19.8 Å². The molecule has 1 amide bonds. The van der Waals surface area contributed by atoms with Crippen LogP contribution in [0.2, 0.25) is 0 Å². The molecular weight excluding hydrogens is 350 g/mol. The van der Waals surface area contributed by atoms with E-state index < -0.39 is 0 Å². The van der Waals surface area contributed by atoms with E-state index in [1.54, 1.807) is 0 Å². The molecule has 2 aromatic heterocycles. The highest BCUT2D eigenvalue weighted by atomic mass is 16.2. The number of nitrogens with one attached hydrogen (secondary N) is 2. The lowest BCUT2D eigenvalue weighted by Gasteiger charge is -2.37. The Morgan fingerprint density at radius 1 is 1.11 bits per heavy atom. The van der Waals surface area contributed by atoms with E-state index in [9.17, 15) is 4.79 Å². The van der Waals surface area contributed by atoms with Gasteiger partial charge in [-0.2, -0.15) is 0 Å². The van der Waals surface area contributed by atoms with Gasteiger partial charge in [-0.15, -0.1) is 0 Å². The smallest absolute Gasteiger partial charge is 0.233 e. The molecule has 1 aromatic carbocycles. The fourth-order valence-electron chi connectivity index (χ4n) is 4.72. The summed E-state index contributed by atoms with van der Waals surface area (Å²) in [5.74, 6) is 1.68. The summed E-state index contributed by atoms with van der Waals surface area (Å²) in [6.45, 7) is 6.88. The minimum atomic E-state index is -0.220. The fourth-order valence-corrected chi connectivity index (χ4v) is 4.72. The highest BCUT2D eigenvalue weighted by Gasteiger charge is 2.49. The first-order valence-electron chi connectivity index (χ1n) is 10.3. The summed E-state index contributed by atoms with van der Waals surface area (Å²) in [7, 11) is 0. The Morgan fingerprint density at radius 3 is 2.61 bits per heavy atom. The number of hydrogen-bond acceptors (Lipinski definition) is 3. The molecule has 0 atom stereocenters. The number of aromatic nitrogens is 3. The number of aromatic amines is 2. The predicted molar refractivity (Wildman–Crippen MR) is 112 cm³/mol. The van der Waals surface area contributed by atoms with Crippen LogP contribution in [0.1, 0.15) is 44.7 Å². The van der Waals surface area contributed by atoms with E-state index in [1.807, 2.05) is 29.4 Å². The molecule has 0 unspecified atom stereocenters. The third-order valence-corrected chi connectivity index (χ3v) is 6.60. The maximum Gasteiger partial charge on any atom is 0.233 e. The lowest BCUT2D eigenvalue weighted by atomic mass is 9.77. The Labute approximate surface area is 164 Å². The monoisotopic (exact) mass is 377 g/mol. The van der Waals surface area contributed by atoms with Crippen LogP contribution in [0.5, 0.6) is 0 Å². The molecule has 6 heteroatoms. The summed E-state index contributed by atoms with van der Waals surface area (Å²) < 4.78 is 0. The van der Waals surface area contributed by atoms with Crippen LogP contribution in [-0.4, -0.2) is 40.5 Å². The summed E-state index contributed by atoms with van der Waals surface area (Å²) in [5.41, 5.74) is 3.05. The second-order valence-electron chi connectivity index (χ2n) is 8.51. The van der Waals surface area contributed by atoms with E-state index in [-0.39, 0.29) is 5.41 Å². The molecule has 2 N–H and O–H groups in total. The van der Waals surface area contributed by atoms with Crippen molar-refractivity contribution in [2.75, 3.05) is 29.4 Å². The fraction of sp³-hybridized carbons (Fsp3) is 0.455. The number of rotatable bonds is 3. The first-order chi connectivity index (χ1) is 13.6. The predicted octanol–water partition coefficient (Wildman–Crippen LogP) is 4.04. The van der Waals surface area contributed by atoms with Crippen LogP contribution in [-0.2, 0) is 4.79 Å². The summed E-state index contributed by atoms with van der Waals surface area (Å²) in [6, 6.07) is 8.20. The van der Waals surface area contributed by atoms with E-state index in [4.69, 9.17) is 0 Å². The van der Waals surface area contributed by atoms with Crippen molar-refractivity contribution in [1.29, 1.82) is 0 Å². The Hall–Kier alpha value is -2.76. The van der Waals surface area contributed by atoms with Crippen molar-refractivity contribution in [1.82, 2.24) is 15.0 Å².